The number of hydrogen-bond acceptors (Lipinski definition) is 3. The average Bonchev–Trinajstić information content (AvgIpc) is 2.66. The summed E-state index contributed by atoms with van der Waals surface area (Å²) >= 11 is 7.10. The SMILES string of the molecule is CCNCn1ccc2ccsc2c1=S. The van der Waals surface area contributed by atoms with E-state index in [1.54, 1.807) is 11.3 Å². The van der Waals surface area contributed by atoms with Gasteiger partial charge in [-0.2, -0.15) is 0 Å². The van der Waals surface area contributed by atoms with Gasteiger partial charge in [-0.25, -0.2) is 0 Å². The van der Waals surface area contributed by atoms with Crippen LogP contribution in [-0.2, 0) is 6.67 Å². The molecule has 0 aliphatic heterocycles. The Labute approximate surface area is 92.2 Å². The molecule has 0 saturated heterocycles. The molecule has 0 aliphatic rings. The largest absolute Gasteiger partial charge is 0.325 e. The van der Waals surface area contributed by atoms with Gasteiger partial charge in [-0.1, -0.05) is 19.1 Å². The third-order valence-corrected chi connectivity index (χ3v) is 3.62. The molecule has 2 aromatic heterocycles. The van der Waals surface area contributed by atoms with Crippen molar-refractivity contribution in [2.75, 3.05) is 6.54 Å². The number of nitrogens with zero attached hydrogens (tertiary/aromatic N) is 1. The van der Waals surface area contributed by atoms with E-state index in [0.29, 0.717) is 0 Å². The first-order valence-corrected chi connectivity index (χ1v) is 5.89. The third kappa shape index (κ3) is 1.73. The van der Waals surface area contributed by atoms with Crippen molar-refractivity contribution < 1.29 is 0 Å². The maximum absolute atomic E-state index is 5.39. The van der Waals surface area contributed by atoms with E-state index >= 15 is 0 Å². The highest BCUT2D eigenvalue weighted by molar-refractivity contribution is 7.71. The molecule has 0 aromatic carbocycles. The van der Waals surface area contributed by atoms with Crippen molar-refractivity contribution in [1.82, 2.24) is 9.88 Å². The van der Waals surface area contributed by atoms with E-state index in [4.69, 9.17) is 12.2 Å². The Morgan fingerprint density at radius 1 is 1.50 bits per heavy atom. The number of fused-ring (bicyclic) bond motifs is 1. The van der Waals surface area contributed by atoms with Gasteiger partial charge in [0, 0.05) is 6.20 Å². The fourth-order valence-corrected chi connectivity index (χ4v) is 2.58. The van der Waals surface area contributed by atoms with Crippen LogP contribution in [0.3, 0.4) is 0 Å². The van der Waals surface area contributed by atoms with E-state index in [-0.39, 0.29) is 0 Å². The number of hydrogen-bond donors (Lipinski definition) is 1. The minimum atomic E-state index is 0.795. The molecule has 0 radical (unpaired) electrons. The highest BCUT2D eigenvalue weighted by Crippen LogP contribution is 2.21. The van der Waals surface area contributed by atoms with Crippen LogP contribution < -0.4 is 5.32 Å². The normalized spacial score (nSPS) is 10.9. The van der Waals surface area contributed by atoms with E-state index in [1.807, 2.05) is 6.20 Å². The van der Waals surface area contributed by atoms with Crippen LogP contribution in [0.1, 0.15) is 6.92 Å². The van der Waals surface area contributed by atoms with Gasteiger partial charge < -0.3 is 4.57 Å². The van der Waals surface area contributed by atoms with Crippen LogP contribution in [0, 0.1) is 4.64 Å². The lowest BCUT2D eigenvalue weighted by atomic mass is 10.3. The van der Waals surface area contributed by atoms with Crippen molar-refractivity contribution in [1.29, 1.82) is 0 Å². The van der Waals surface area contributed by atoms with E-state index < -0.39 is 0 Å². The fourth-order valence-electron chi connectivity index (χ4n) is 1.35. The first-order valence-electron chi connectivity index (χ1n) is 4.60. The lowest BCUT2D eigenvalue weighted by molar-refractivity contribution is 0.571. The standard InChI is InChI=1S/C10H12N2S2/c1-2-11-7-12-5-3-8-4-6-14-9(8)10(12)13/h3-6,11H,2,7H2,1H3. The maximum atomic E-state index is 5.39. The van der Waals surface area contributed by atoms with Crippen molar-refractivity contribution in [3.8, 4) is 0 Å². The second kappa shape index (κ2) is 4.21. The summed E-state index contributed by atoms with van der Waals surface area (Å²) in [6.07, 6.45) is 2.04. The smallest absolute Gasteiger partial charge is 0.124 e. The predicted octanol–water partition coefficient (Wildman–Crippen LogP) is 3.00. The summed E-state index contributed by atoms with van der Waals surface area (Å²) in [5.74, 6) is 0. The van der Waals surface area contributed by atoms with E-state index in [2.05, 4.69) is 34.3 Å². The second-order valence-electron chi connectivity index (χ2n) is 3.06. The van der Waals surface area contributed by atoms with Crippen LogP contribution in [0.25, 0.3) is 10.1 Å². The summed E-state index contributed by atoms with van der Waals surface area (Å²) in [4.78, 5) is 0. The van der Waals surface area contributed by atoms with Crippen LogP contribution in [0.15, 0.2) is 23.7 Å². The molecular weight excluding hydrogens is 212 g/mol. The van der Waals surface area contributed by atoms with Gasteiger partial charge in [-0.3, -0.25) is 5.32 Å². The fraction of sp³-hybridized carbons (Fsp3) is 0.300. The Balaban J connectivity index is 2.46. The number of thiophene rings is 1. The molecule has 74 valence electrons. The topological polar surface area (TPSA) is 17.0 Å². The molecule has 4 heteroatoms. The Morgan fingerprint density at radius 2 is 2.36 bits per heavy atom. The molecular formula is C10H12N2S2. The predicted molar refractivity (Wildman–Crippen MR) is 64.3 cm³/mol. The molecule has 0 spiro atoms. The second-order valence-corrected chi connectivity index (χ2v) is 4.36. The lowest BCUT2D eigenvalue weighted by Crippen LogP contribution is -2.17. The molecule has 2 rings (SSSR count). The van der Waals surface area contributed by atoms with Crippen LogP contribution in [0.5, 0.6) is 0 Å². The first-order chi connectivity index (χ1) is 6.83. The van der Waals surface area contributed by atoms with Gasteiger partial charge in [-0.05, 0) is 29.4 Å². The van der Waals surface area contributed by atoms with Crippen molar-refractivity contribution >= 4 is 33.6 Å². The Kier molecular flexibility index (Phi) is 2.96. The molecule has 0 fully saturated rings. The van der Waals surface area contributed by atoms with Gasteiger partial charge in [0.25, 0.3) is 0 Å². The molecule has 14 heavy (non-hydrogen) atoms. The van der Waals surface area contributed by atoms with Gasteiger partial charge in [-0.15, -0.1) is 11.3 Å². The van der Waals surface area contributed by atoms with Gasteiger partial charge in [0.1, 0.15) is 4.64 Å². The van der Waals surface area contributed by atoms with Crippen LogP contribution >= 0.6 is 23.6 Å². The quantitative estimate of drug-likeness (QED) is 0.807. The number of rotatable bonds is 3. The zero-order valence-electron chi connectivity index (χ0n) is 7.99. The van der Waals surface area contributed by atoms with Crippen molar-refractivity contribution in [2.24, 2.45) is 0 Å². The van der Waals surface area contributed by atoms with Crippen molar-refractivity contribution in [3.63, 3.8) is 0 Å². The van der Waals surface area contributed by atoms with Crippen LogP contribution in [0.4, 0.5) is 0 Å². The summed E-state index contributed by atoms with van der Waals surface area (Å²) in [5.41, 5.74) is 0. The van der Waals surface area contributed by atoms with E-state index in [0.717, 1.165) is 17.9 Å². The molecule has 0 aliphatic carbocycles. The van der Waals surface area contributed by atoms with Crippen LogP contribution in [-0.4, -0.2) is 11.1 Å². The van der Waals surface area contributed by atoms with Crippen molar-refractivity contribution in [3.05, 3.63) is 28.4 Å². The van der Waals surface area contributed by atoms with Gasteiger partial charge in [0.05, 0.1) is 11.4 Å². The molecule has 0 unspecified atom stereocenters. The van der Waals surface area contributed by atoms with E-state index in [9.17, 15) is 0 Å². The minimum absolute atomic E-state index is 0.795. The molecule has 0 bridgehead atoms. The van der Waals surface area contributed by atoms with Gasteiger partial charge in [0.2, 0.25) is 0 Å². The monoisotopic (exact) mass is 224 g/mol. The lowest BCUT2D eigenvalue weighted by Gasteiger charge is -2.07. The number of aromatic nitrogens is 1. The Morgan fingerprint density at radius 3 is 3.14 bits per heavy atom. The maximum Gasteiger partial charge on any atom is 0.124 e. The molecule has 0 atom stereocenters. The van der Waals surface area contributed by atoms with E-state index in [1.165, 1.54) is 10.1 Å². The summed E-state index contributed by atoms with van der Waals surface area (Å²) < 4.78 is 4.20. The zero-order chi connectivity index (χ0) is 9.97. The summed E-state index contributed by atoms with van der Waals surface area (Å²) in [6, 6.07) is 4.21. The molecule has 2 heterocycles. The van der Waals surface area contributed by atoms with Gasteiger partial charge in [0.15, 0.2) is 0 Å². The molecule has 0 saturated carbocycles. The summed E-state index contributed by atoms with van der Waals surface area (Å²) in [6.45, 7) is 3.85. The Bertz CT molecular complexity index is 484. The number of pyridine rings is 1. The summed E-state index contributed by atoms with van der Waals surface area (Å²) in [5, 5.41) is 6.59. The summed E-state index contributed by atoms with van der Waals surface area (Å²) in [7, 11) is 0. The minimum Gasteiger partial charge on any atom is -0.325 e. The van der Waals surface area contributed by atoms with Gasteiger partial charge >= 0.3 is 0 Å². The molecule has 2 aromatic rings. The average molecular weight is 224 g/mol. The number of nitrogens with one attached hydrogen (secondary N) is 1. The van der Waals surface area contributed by atoms with Crippen molar-refractivity contribution in [2.45, 2.75) is 13.6 Å². The zero-order valence-corrected chi connectivity index (χ0v) is 9.62. The molecule has 1 N–H and O–H groups in total. The van der Waals surface area contributed by atoms with Crippen LogP contribution in [0.2, 0.25) is 0 Å². The first kappa shape index (κ1) is 9.83. The highest BCUT2D eigenvalue weighted by atomic mass is 32.1. The third-order valence-electron chi connectivity index (χ3n) is 2.12. The Hall–Kier alpha value is -0.710. The molecule has 2 nitrogen and oxygen atoms in total. The molecule has 0 amide bonds. The highest BCUT2D eigenvalue weighted by Gasteiger charge is 1.99.